The molecule has 2 saturated heterocycles. The summed E-state index contributed by atoms with van der Waals surface area (Å²) >= 11 is 0. The minimum Gasteiger partial charge on any atom is -0.383 e. The molecule has 2 fully saturated rings. The van der Waals surface area contributed by atoms with Crippen LogP contribution in [0, 0.1) is 0 Å². The molecule has 2 aliphatic rings. The quantitative estimate of drug-likeness (QED) is 0.703. The Morgan fingerprint density at radius 3 is 2.60 bits per heavy atom. The van der Waals surface area contributed by atoms with E-state index < -0.39 is 0 Å². The van der Waals surface area contributed by atoms with E-state index in [2.05, 4.69) is 10.2 Å². The molecule has 0 radical (unpaired) electrons. The van der Waals surface area contributed by atoms with Crippen LogP contribution in [0.15, 0.2) is 0 Å². The maximum Gasteiger partial charge on any atom is 0.0707 e. The first-order valence-corrected chi connectivity index (χ1v) is 5.86. The summed E-state index contributed by atoms with van der Waals surface area (Å²) in [5, 5.41) is 3.24. The molecule has 2 aliphatic heterocycles. The number of likely N-dealkylation sites (N-methyl/N-ethyl adjacent to an activating group) is 1. The molecule has 0 aromatic rings. The summed E-state index contributed by atoms with van der Waals surface area (Å²) in [7, 11) is 3.77. The number of nitrogens with one attached hydrogen (secondary N) is 1. The number of fused-ring (bicyclic) bond motifs is 2. The summed E-state index contributed by atoms with van der Waals surface area (Å²) in [5.74, 6) is 0. The molecule has 2 rings (SSSR count). The zero-order chi connectivity index (χ0) is 10.7. The second kappa shape index (κ2) is 5.25. The molecule has 3 unspecified atom stereocenters. The fourth-order valence-electron chi connectivity index (χ4n) is 2.67. The van der Waals surface area contributed by atoms with Gasteiger partial charge in [-0.15, -0.1) is 0 Å². The van der Waals surface area contributed by atoms with E-state index in [0.717, 1.165) is 26.2 Å². The molecular formula is C11H22N2O2. The average molecular weight is 214 g/mol. The summed E-state index contributed by atoms with van der Waals surface area (Å²) in [5.41, 5.74) is 0. The Morgan fingerprint density at radius 2 is 2.07 bits per heavy atom. The number of ether oxygens (including phenoxy) is 2. The van der Waals surface area contributed by atoms with Crippen LogP contribution in [0.2, 0.25) is 0 Å². The minimum absolute atomic E-state index is 0.472. The molecule has 0 saturated carbocycles. The van der Waals surface area contributed by atoms with E-state index in [9.17, 15) is 0 Å². The first kappa shape index (κ1) is 11.3. The highest BCUT2D eigenvalue weighted by molar-refractivity contribution is 4.88. The van der Waals surface area contributed by atoms with E-state index in [1.807, 2.05) is 7.05 Å². The van der Waals surface area contributed by atoms with Gasteiger partial charge in [0.1, 0.15) is 0 Å². The highest BCUT2D eigenvalue weighted by Crippen LogP contribution is 2.27. The van der Waals surface area contributed by atoms with Gasteiger partial charge in [0, 0.05) is 32.8 Å². The Balaban J connectivity index is 1.89. The van der Waals surface area contributed by atoms with Crippen molar-refractivity contribution in [3.63, 3.8) is 0 Å². The molecule has 88 valence electrons. The maximum absolute atomic E-state index is 5.83. The molecule has 4 heteroatoms. The standard InChI is InChI=1S/C11H22N2O2/c1-12-5-9(8-14-2)13-6-10-3-4-11(7-13)15-10/h9-12H,3-8H2,1-2H3. The van der Waals surface area contributed by atoms with Crippen molar-refractivity contribution >= 4 is 0 Å². The number of likely N-dealkylation sites (tertiary alicyclic amines) is 1. The molecule has 15 heavy (non-hydrogen) atoms. The zero-order valence-corrected chi connectivity index (χ0v) is 9.74. The maximum atomic E-state index is 5.83. The van der Waals surface area contributed by atoms with Gasteiger partial charge >= 0.3 is 0 Å². The summed E-state index contributed by atoms with van der Waals surface area (Å²) in [6, 6.07) is 0.493. The Hall–Kier alpha value is -0.160. The van der Waals surface area contributed by atoms with Crippen LogP contribution in [-0.2, 0) is 9.47 Å². The predicted octanol–water partition coefficient (Wildman–Crippen LogP) is 0.0840. The number of hydrogen-bond acceptors (Lipinski definition) is 4. The topological polar surface area (TPSA) is 33.7 Å². The summed E-state index contributed by atoms with van der Waals surface area (Å²) in [6.07, 6.45) is 3.42. The van der Waals surface area contributed by atoms with Crippen molar-refractivity contribution in [2.45, 2.75) is 31.1 Å². The van der Waals surface area contributed by atoms with E-state index in [0.29, 0.717) is 18.2 Å². The van der Waals surface area contributed by atoms with Crippen molar-refractivity contribution in [3.05, 3.63) is 0 Å². The summed E-state index contributed by atoms with van der Waals surface area (Å²) in [6.45, 7) is 3.95. The van der Waals surface area contributed by atoms with Gasteiger partial charge in [0.05, 0.1) is 18.8 Å². The van der Waals surface area contributed by atoms with E-state index in [-0.39, 0.29) is 0 Å². The van der Waals surface area contributed by atoms with E-state index in [1.54, 1.807) is 7.11 Å². The fraction of sp³-hybridized carbons (Fsp3) is 1.00. The van der Waals surface area contributed by atoms with Crippen molar-refractivity contribution in [3.8, 4) is 0 Å². The minimum atomic E-state index is 0.472. The Kier molecular flexibility index (Phi) is 3.97. The summed E-state index contributed by atoms with van der Waals surface area (Å²) in [4.78, 5) is 2.52. The number of hydrogen-bond donors (Lipinski definition) is 1. The van der Waals surface area contributed by atoms with Crippen molar-refractivity contribution < 1.29 is 9.47 Å². The van der Waals surface area contributed by atoms with E-state index in [4.69, 9.17) is 9.47 Å². The molecule has 0 aliphatic carbocycles. The van der Waals surface area contributed by atoms with Gasteiger partial charge in [-0.1, -0.05) is 0 Å². The molecule has 3 atom stereocenters. The molecule has 0 amide bonds. The molecule has 0 aromatic heterocycles. The lowest BCUT2D eigenvalue weighted by atomic mass is 10.2. The largest absolute Gasteiger partial charge is 0.383 e. The van der Waals surface area contributed by atoms with Gasteiger partial charge in [0.2, 0.25) is 0 Å². The normalized spacial score (nSPS) is 33.2. The van der Waals surface area contributed by atoms with Crippen LogP contribution in [0.3, 0.4) is 0 Å². The highest BCUT2D eigenvalue weighted by Gasteiger charge is 2.36. The smallest absolute Gasteiger partial charge is 0.0707 e. The Labute approximate surface area is 91.9 Å². The number of nitrogens with zero attached hydrogens (tertiary/aromatic N) is 1. The van der Waals surface area contributed by atoms with Crippen molar-refractivity contribution in [1.82, 2.24) is 10.2 Å². The lowest BCUT2D eigenvalue weighted by Crippen LogP contribution is -2.52. The van der Waals surface area contributed by atoms with Crippen LogP contribution in [-0.4, -0.2) is 63.5 Å². The van der Waals surface area contributed by atoms with Gasteiger partial charge in [-0.25, -0.2) is 0 Å². The van der Waals surface area contributed by atoms with Crippen LogP contribution in [0.5, 0.6) is 0 Å². The molecule has 2 heterocycles. The second-order valence-electron chi connectivity index (χ2n) is 4.58. The molecule has 0 spiro atoms. The Morgan fingerprint density at radius 1 is 1.40 bits per heavy atom. The highest BCUT2D eigenvalue weighted by atomic mass is 16.5. The SMILES string of the molecule is CNCC(COC)N1CC2CCC(C1)O2. The molecular weight excluding hydrogens is 192 g/mol. The van der Waals surface area contributed by atoms with Gasteiger partial charge in [-0.05, 0) is 19.9 Å². The first-order valence-electron chi connectivity index (χ1n) is 5.86. The van der Waals surface area contributed by atoms with Crippen molar-refractivity contribution in [2.24, 2.45) is 0 Å². The third-order valence-corrected chi connectivity index (χ3v) is 3.39. The van der Waals surface area contributed by atoms with E-state index in [1.165, 1.54) is 12.8 Å². The van der Waals surface area contributed by atoms with Crippen LogP contribution < -0.4 is 5.32 Å². The van der Waals surface area contributed by atoms with Crippen LogP contribution in [0.4, 0.5) is 0 Å². The average Bonchev–Trinajstić information content (AvgIpc) is 2.57. The van der Waals surface area contributed by atoms with Gasteiger partial charge in [-0.2, -0.15) is 0 Å². The predicted molar refractivity (Wildman–Crippen MR) is 59.1 cm³/mol. The third kappa shape index (κ3) is 2.69. The first-order chi connectivity index (χ1) is 7.33. The molecule has 2 bridgehead atoms. The van der Waals surface area contributed by atoms with Crippen LogP contribution >= 0.6 is 0 Å². The lowest BCUT2D eigenvalue weighted by molar-refractivity contribution is -0.0615. The number of morpholine rings is 1. The monoisotopic (exact) mass is 214 g/mol. The van der Waals surface area contributed by atoms with Crippen molar-refractivity contribution in [1.29, 1.82) is 0 Å². The van der Waals surface area contributed by atoms with Gasteiger partial charge in [0.25, 0.3) is 0 Å². The van der Waals surface area contributed by atoms with Crippen molar-refractivity contribution in [2.75, 3.05) is 40.4 Å². The second-order valence-corrected chi connectivity index (χ2v) is 4.58. The van der Waals surface area contributed by atoms with E-state index >= 15 is 0 Å². The lowest BCUT2D eigenvalue weighted by Gasteiger charge is -2.37. The summed E-state index contributed by atoms with van der Waals surface area (Å²) < 4.78 is 11.1. The third-order valence-electron chi connectivity index (χ3n) is 3.39. The van der Waals surface area contributed by atoms with Crippen LogP contribution in [0.25, 0.3) is 0 Å². The molecule has 4 nitrogen and oxygen atoms in total. The fourth-order valence-corrected chi connectivity index (χ4v) is 2.67. The Bertz CT molecular complexity index is 183. The zero-order valence-electron chi connectivity index (χ0n) is 9.74. The van der Waals surface area contributed by atoms with Gasteiger partial charge < -0.3 is 14.8 Å². The number of rotatable bonds is 5. The molecule has 0 aromatic carbocycles. The van der Waals surface area contributed by atoms with Gasteiger partial charge in [0.15, 0.2) is 0 Å². The number of methoxy groups -OCH3 is 1. The van der Waals surface area contributed by atoms with Crippen LogP contribution in [0.1, 0.15) is 12.8 Å². The molecule has 1 N–H and O–H groups in total. The van der Waals surface area contributed by atoms with Gasteiger partial charge in [-0.3, -0.25) is 4.90 Å².